The van der Waals surface area contributed by atoms with E-state index < -0.39 is 18.0 Å². The largest absolute Gasteiger partial charge is 0.508 e. The van der Waals surface area contributed by atoms with E-state index in [1.807, 2.05) is 0 Å². The van der Waals surface area contributed by atoms with Gasteiger partial charge in [-0.15, -0.1) is 0 Å². The predicted octanol–water partition coefficient (Wildman–Crippen LogP) is 1.08. The van der Waals surface area contributed by atoms with Crippen LogP contribution in [0.3, 0.4) is 0 Å². The molecule has 0 fully saturated rings. The van der Waals surface area contributed by atoms with Crippen LogP contribution in [0.25, 0.3) is 0 Å². The molecule has 5 heteroatoms. The fourth-order valence-electron chi connectivity index (χ4n) is 1.02. The molecule has 1 aromatic carbocycles. The van der Waals surface area contributed by atoms with Crippen molar-refractivity contribution in [3.8, 4) is 5.75 Å². The molecule has 0 aromatic heterocycles. The summed E-state index contributed by atoms with van der Waals surface area (Å²) in [6, 6.07) is 5.96. The molecule has 0 saturated carbocycles. The summed E-state index contributed by atoms with van der Waals surface area (Å²) < 4.78 is 4.62. The van der Waals surface area contributed by atoms with Gasteiger partial charge in [-0.05, 0) is 24.6 Å². The first-order valence-electron chi connectivity index (χ1n) is 4.23. The van der Waals surface area contributed by atoms with Crippen molar-refractivity contribution < 1.29 is 24.5 Å². The van der Waals surface area contributed by atoms with Crippen molar-refractivity contribution in [1.29, 1.82) is 0 Å². The molecule has 0 radical (unpaired) electrons. The summed E-state index contributed by atoms with van der Waals surface area (Å²) in [5.41, 5.74) is 0.613. The topological polar surface area (TPSA) is 83.8 Å². The lowest BCUT2D eigenvalue weighted by atomic mass is 10.1. The van der Waals surface area contributed by atoms with E-state index in [1.54, 1.807) is 19.1 Å². The van der Waals surface area contributed by atoms with Crippen LogP contribution in [0.2, 0.25) is 0 Å². The smallest absolute Gasteiger partial charge is 0.417 e. The Morgan fingerprint density at radius 3 is 2.27 bits per heavy atom. The number of hydrogen-bond donors (Lipinski definition) is 2. The van der Waals surface area contributed by atoms with E-state index in [0.717, 1.165) is 0 Å². The molecule has 0 aliphatic rings. The van der Waals surface area contributed by atoms with Gasteiger partial charge < -0.3 is 14.9 Å². The Morgan fingerprint density at radius 2 is 1.80 bits per heavy atom. The van der Waals surface area contributed by atoms with Crippen LogP contribution in [0.15, 0.2) is 24.3 Å². The predicted molar refractivity (Wildman–Crippen MR) is 50.2 cm³/mol. The Labute approximate surface area is 85.9 Å². The maximum Gasteiger partial charge on any atom is 0.417 e. The zero-order chi connectivity index (χ0) is 11.4. The second-order valence-corrected chi connectivity index (χ2v) is 2.94. The minimum atomic E-state index is -1.62. The first kappa shape index (κ1) is 11.0. The summed E-state index contributed by atoms with van der Waals surface area (Å²) in [5, 5.41) is 17.3. The SMILES string of the molecule is CC(OC(=O)C(=O)O)c1ccc(O)cc1. The van der Waals surface area contributed by atoms with Crippen LogP contribution in [0.1, 0.15) is 18.6 Å². The van der Waals surface area contributed by atoms with Gasteiger partial charge in [0.15, 0.2) is 0 Å². The Balaban J connectivity index is 2.69. The number of carbonyl (C=O) groups is 2. The number of rotatable bonds is 2. The molecule has 5 nitrogen and oxygen atoms in total. The van der Waals surface area contributed by atoms with Crippen LogP contribution in [0.4, 0.5) is 0 Å². The van der Waals surface area contributed by atoms with E-state index in [-0.39, 0.29) is 5.75 Å². The van der Waals surface area contributed by atoms with Gasteiger partial charge in [-0.3, -0.25) is 0 Å². The summed E-state index contributed by atoms with van der Waals surface area (Å²) in [6.45, 7) is 1.55. The van der Waals surface area contributed by atoms with E-state index in [2.05, 4.69) is 4.74 Å². The van der Waals surface area contributed by atoms with Gasteiger partial charge in [-0.25, -0.2) is 9.59 Å². The molecule has 0 aliphatic heterocycles. The number of hydrogen-bond acceptors (Lipinski definition) is 4. The molecular weight excluding hydrogens is 200 g/mol. The average Bonchev–Trinajstić information content (AvgIpc) is 2.18. The first-order chi connectivity index (χ1) is 7.00. The van der Waals surface area contributed by atoms with Gasteiger partial charge in [0.1, 0.15) is 11.9 Å². The number of ether oxygens (including phenoxy) is 1. The van der Waals surface area contributed by atoms with Crippen LogP contribution >= 0.6 is 0 Å². The zero-order valence-electron chi connectivity index (χ0n) is 8.01. The van der Waals surface area contributed by atoms with E-state index >= 15 is 0 Å². The normalized spacial score (nSPS) is 11.8. The van der Waals surface area contributed by atoms with E-state index in [1.165, 1.54) is 12.1 Å². The maximum absolute atomic E-state index is 10.7. The Hall–Kier alpha value is -2.04. The van der Waals surface area contributed by atoms with Gasteiger partial charge in [-0.1, -0.05) is 12.1 Å². The summed E-state index contributed by atoms with van der Waals surface area (Å²) in [6.07, 6.45) is -0.658. The number of carbonyl (C=O) groups excluding carboxylic acids is 1. The van der Waals surface area contributed by atoms with Crippen molar-refractivity contribution in [2.24, 2.45) is 0 Å². The number of phenols is 1. The lowest BCUT2D eigenvalue weighted by Gasteiger charge is -2.11. The molecule has 80 valence electrons. The molecule has 1 rings (SSSR count). The van der Waals surface area contributed by atoms with Gasteiger partial charge in [-0.2, -0.15) is 0 Å². The lowest BCUT2D eigenvalue weighted by molar-refractivity contribution is -0.167. The van der Waals surface area contributed by atoms with Gasteiger partial charge in [0, 0.05) is 0 Å². The number of benzene rings is 1. The average molecular weight is 210 g/mol. The van der Waals surface area contributed by atoms with Crippen molar-refractivity contribution in [2.45, 2.75) is 13.0 Å². The third kappa shape index (κ3) is 2.98. The van der Waals surface area contributed by atoms with Gasteiger partial charge >= 0.3 is 11.9 Å². The number of carboxylic acids is 1. The molecule has 1 unspecified atom stereocenters. The molecule has 0 amide bonds. The highest BCUT2D eigenvalue weighted by Gasteiger charge is 2.17. The van der Waals surface area contributed by atoms with Gasteiger partial charge in [0.25, 0.3) is 0 Å². The van der Waals surface area contributed by atoms with Gasteiger partial charge in [0.05, 0.1) is 0 Å². The Kier molecular flexibility index (Phi) is 3.28. The molecule has 15 heavy (non-hydrogen) atoms. The Bertz CT molecular complexity index is 368. The summed E-state index contributed by atoms with van der Waals surface area (Å²) in [5.74, 6) is -2.83. The molecular formula is C10H10O5. The number of aromatic hydroxyl groups is 1. The van der Waals surface area contributed by atoms with Crippen LogP contribution in [-0.2, 0) is 14.3 Å². The van der Waals surface area contributed by atoms with Crippen LogP contribution < -0.4 is 0 Å². The molecule has 1 atom stereocenters. The van der Waals surface area contributed by atoms with Crippen LogP contribution in [0, 0.1) is 0 Å². The monoisotopic (exact) mass is 210 g/mol. The summed E-state index contributed by atoms with van der Waals surface area (Å²) >= 11 is 0. The molecule has 0 aliphatic carbocycles. The number of aliphatic carboxylic acids is 1. The van der Waals surface area contributed by atoms with E-state index in [4.69, 9.17) is 10.2 Å². The van der Waals surface area contributed by atoms with Crippen molar-refractivity contribution in [2.75, 3.05) is 0 Å². The highest BCUT2D eigenvalue weighted by atomic mass is 16.6. The zero-order valence-corrected chi connectivity index (χ0v) is 8.01. The second kappa shape index (κ2) is 4.45. The van der Waals surface area contributed by atoms with Crippen molar-refractivity contribution in [3.05, 3.63) is 29.8 Å². The van der Waals surface area contributed by atoms with Crippen LogP contribution in [-0.4, -0.2) is 22.2 Å². The molecule has 0 heterocycles. The number of phenolic OH excluding ortho intramolecular Hbond substituents is 1. The molecule has 2 N–H and O–H groups in total. The highest BCUT2D eigenvalue weighted by molar-refractivity contribution is 6.28. The lowest BCUT2D eigenvalue weighted by Crippen LogP contribution is -2.18. The molecule has 0 spiro atoms. The third-order valence-corrected chi connectivity index (χ3v) is 1.82. The molecule has 0 saturated heterocycles. The third-order valence-electron chi connectivity index (χ3n) is 1.82. The number of esters is 1. The second-order valence-electron chi connectivity index (χ2n) is 2.94. The highest BCUT2D eigenvalue weighted by Crippen LogP contribution is 2.19. The minimum absolute atomic E-state index is 0.0931. The van der Waals surface area contributed by atoms with Crippen molar-refractivity contribution in [1.82, 2.24) is 0 Å². The quantitative estimate of drug-likeness (QED) is 0.563. The van der Waals surface area contributed by atoms with Gasteiger partial charge in [0.2, 0.25) is 0 Å². The van der Waals surface area contributed by atoms with Crippen LogP contribution in [0.5, 0.6) is 5.75 Å². The fourth-order valence-corrected chi connectivity index (χ4v) is 1.02. The van der Waals surface area contributed by atoms with E-state index in [9.17, 15) is 9.59 Å². The maximum atomic E-state index is 10.7. The minimum Gasteiger partial charge on any atom is -0.508 e. The Morgan fingerprint density at radius 1 is 1.27 bits per heavy atom. The fraction of sp³-hybridized carbons (Fsp3) is 0.200. The number of carboxylic acid groups (broad SMARTS) is 1. The summed E-state index contributed by atoms with van der Waals surface area (Å²) in [4.78, 5) is 20.9. The summed E-state index contributed by atoms with van der Waals surface area (Å²) in [7, 11) is 0. The van der Waals surface area contributed by atoms with Crippen molar-refractivity contribution in [3.63, 3.8) is 0 Å². The molecule has 1 aromatic rings. The standard InChI is InChI=1S/C10H10O5/c1-6(15-10(14)9(12)13)7-2-4-8(11)5-3-7/h2-6,11H,1H3,(H,12,13). The van der Waals surface area contributed by atoms with E-state index in [0.29, 0.717) is 5.56 Å². The first-order valence-corrected chi connectivity index (χ1v) is 4.23. The molecule has 0 bridgehead atoms. The van der Waals surface area contributed by atoms with Crippen molar-refractivity contribution >= 4 is 11.9 Å².